The Morgan fingerprint density at radius 1 is 0.786 bits per heavy atom. The SMILES string of the molecule is COC(=O)c1ccc(NC(=O)C(=O)Nc2c(C(C)C)cccc2C(C)C)cc1. The second-order valence-electron chi connectivity index (χ2n) is 7.10. The zero-order valence-corrected chi connectivity index (χ0v) is 16.8. The Bertz CT molecular complexity index is 844. The van der Waals surface area contributed by atoms with E-state index in [0.29, 0.717) is 16.9 Å². The molecule has 2 aromatic rings. The number of hydrogen-bond donors (Lipinski definition) is 2. The van der Waals surface area contributed by atoms with Crippen molar-refractivity contribution in [1.82, 2.24) is 0 Å². The Morgan fingerprint density at radius 3 is 1.75 bits per heavy atom. The molecule has 0 spiro atoms. The van der Waals surface area contributed by atoms with Crippen LogP contribution in [-0.2, 0) is 14.3 Å². The first-order valence-electron chi connectivity index (χ1n) is 9.18. The Morgan fingerprint density at radius 2 is 1.29 bits per heavy atom. The summed E-state index contributed by atoms with van der Waals surface area (Å²) < 4.78 is 4.63. The van der Waals surface area contributed by atoms with Gasteiger partial charge in [-0.1, -0.05) is 45.9 Å². The zero-order chi connectivity index (χ0) is 20.8. The molecule has 28 heavy (non-hydrogen) atoms. The fourth-order valence-corrected chi connectivity index (χ4v) is 2.86. The van der Waals surface area contributed by atoms with Gasteiger partial charge in [0.05, 0.1) is 12.7 Å². The predicted octanol–water partition coefficient (Wildman–Crippen LogP) is 4.30. The number of benzene rings is 2. The van der Waals surface area contributed by atoms with E-state index in [4.69, 9.17) is 0 Å². The minimum absolute atomic E-state index is 0.197. The van der Waals surface area contributed by atoms with E-state index in [-0.39, 0.29) is 11.8 Å². The van der Waals surface area contributed by atoms with Crippen LogP contribution in [0.5, 0.6) is 0 Å². The highest BCUT2D eigenvalue weighted by Gasteiger charge is 2.20. The molecule has 0 aromatic heterocycles. The van der Waals surface area contributed by atoms with Crippen LogP contribution >= 0.6 is 0 Å². The lowest BCUT2D eigenvalue weighted by molar-refractivity contribution is -0.133. The summed E-state index contributed by atoms with van der Waals surface area (Å²) in [5, 5.41) is 5.32. The summed E-state index contributed by atoms with van der Waals surface area (Å²) in [6, 6.07) is 12.0. The first-order valence-corrected chi connectivity index (χ1v) is 9.18. The molecule has 0 aliphatic carbocycles. The number of ether oxygens (including phenoxy) is 1. The first kappa shape index (κ1) is 21.2. The largest absolute Gasteiger partial charge is 0.465 e. The van der Waals surface area contributed by atoms with E-state index in [1.807, 2.05) is 45.9 Å². The standard InChI is InChI=1S/C22H26N2O4/c1-13(2)17-7-6-8-18(14(3)4)19(17)24-21(26)20(25)23-16-11-9-15(10-12-16)22(27)28-5/h6-14H,1-5H3,(H,23,25)(H,24,26). The molecule has 0 aliphatic heterocycles. The number of amides is 2. The third-order valence-electron chi connectivity index (χ3n) is 4.38. The average molecular weight is 382 g/mol. The lowest BCUT2D eigenvalue weighted by Crippen LogP contribution is -2.30. The Labute approximate surface area is 165 Å². The van der Waals surface area contributed by atoms with Crippen molar-refractivity contribution in [2.75, 3.05) is 17.7 Å². The summed E-state index contributed by atoms with van der Waals surface area (Å²) in [5.41, 5.74) is 3.42. The predicted molar refractivity (Wildman–Crippen MR) is 110 cm³/mol. The maximum atomic E-state index is 12.5. The highest BCUT2D eigenvalue weighted by atomic mass is 16.5. The van der Waals surface area contributed by atoms with Crippen molar-refractivity contribution in [2.24, 2.45) is 0 Å². The van der Waals surface area contributed by atoms with Gasteiger partial charge in [-0.15, -0.1) is 0 Å². The van der Waals surface area contributed by atoms with Gasteiger partial charge in [0.15, 0.2) is 0 Å². The van der Waals surface area contributed by atoms with Gasteiger partial charge >= 0.3 is 17.8 Å². The molecule has 0 saturated heterocycles. The number of carbonyl (C=O) groups excluding carboxylic acids is 3. The van der Waals surface area contributed by atoms with Gasteiger partial charge in [0, 0.05) is 11.4 Å². The minimum Gasteiger partial charge on any atom is -0.465 e. The number of hydrogen-bond acceptors (Lipinski definition) is 4. The molecule has 0 unspecified atom stereocenters. The second-order valence-corrected chi connectivity index (χ2v) is 7.10. The molecule has 6 heteroatoms. The molecule has 0 aliphatic rings. The summed E-state index contributed by atoms with van der Waals surface area (Å²) in [6.45, 7) is 8.16. The average Bonchev–Trinajstić information content (AvgIpc) is 2.67. The van der Waals surface area contributed by atoms with Crippen molar-refractivity contribution in [3.05, 3.63) is 59.2 Å². The maximum absolute atomic E-state index is 12.5. The molecule has 0 atom stereocenters. The van der Waals surface area contributed by atoms with E-state index in [0.717, 1.165) is 11.1 Å². The van der Waals surface area contributed by atoms with E-state index in [9.17, 15) is 14.4 Å². The van der Waals surface area contributed by atoms with E-state index < -0.39 is 17.8 Å². The van der Waals surface area contributed by atoms with Crippen LogP contribution in [0.15, 0.2) is 42.5 Å². The fourth-order valence-electron chi connectivity index (χ4n) is 2.86. The number of rotatable bonds is 5. The van der Waals surface area contributed by atoms with Crippen molar-refractivity contribution in [2.45, 2.75) is 39.5 Å². The lowest BCUT2D eigenvalue weighted by Gasteiger charge is -2.20. The van der Waals surface area contributed by atoms with Crippen molar-refractivity contribution in [3.63, 3.8) is 0 Å². The normalized spacial score (nSPS) is 10.7. The summed E-state index contributed by atoms with van der Waals surface area (Å²) in [5.74, 6) is -1.60. The van der Waals surface area contributed by atoms with Crippen LogP contribution in [0.3, 0.4) is 0 Å². The number of carbonyl (C=O) groups is 3. The molecule has 2 aromatic carbocycles. The molecule has 6 nitrogen and oxygen atoms in total. The monoisotopic (exact) mass is 382 g/mol. The van der Waals surface area contributed by atoms with Crippen LogP contribution in [0, 0.1) is 0 Å². The molecule has 2 rings (SSSR count). The topological polar surface area (TPSA) is 84.5 Å². The van der Waals surface area contributed by atoms with E-state index >= 15 is 0 Å². The van der Waals surface area contributed by atoms with Gasteiger partial charge in [-0.25, -0.2) is 4.79 Å². The van der Waals surface area contributed by atoms with Gasteiger partial charge in [0.25, 0.3) is 0 Å². The van der Waals surface area contributed by atoms with Gasteiger partial charge in [-0.05, 0) is 47.2 Å². The first-order chi connectivity index (χ1) is 13.2. The molecule has 2 amide bonds. The second kappa shape index (κ2) is 9.17. The molecular formula is C22H26N2O4. The summed E-state index contributed by atoms with van der Waals surface area (Å²) >= 11 is 0. The van der Waals surface area contributed by atoms with Crippen LogP contribution in [-0.4, -0.2) is 24.9 Å². The van der Waals surface area contributed by atoms with Gasteiger partial charge in [-0.3, -0.25) is 9.59 Å². The zero-order valence-electron chi connectivity index (χ0n) is 16.8. The highest BCUT2D eigenvalue weighted by molar-refractivity contribution is 6.43. The Hall–Kier alpha value is -3.15. The minimum atomic E-state index is -0.779. The number of anilines is 2. The van der Waals surface area contributed by atoms with E-state index in [1.54, 1.807) is 12.1 Å². The highest BCUT2D eigenvalue weighted by Crippen LogP contribution is 2.32. The van der Waals surface area contributed by atoms with Crippen LogP contribution in [0.2, 0.25) is 0 Å². The summed E-state index contributed by atoms with van der Waals surface area (Å²) in [7, 11) is 1.29. The molecule has 0 saturated carbocycles. The molecule has 0 bridgehead atoms. The van der Waals surface area contributed by atoms with Crippen molar-refractivity contribution in [1.29, 1.82) is 0 Å². The van der Waals surface area contributed by atoms with Crippen LogP contribution in [0.4, 0.5) is 11.4 Å². The van der Waals surface area contributed by atoms with Gasteiger partial charge in [-0.2, -0.15) is 0 Å². The summed E-state index contributed by atoms with van der Waals surface area (Å²) in [4.78, 5) is 36.3. The van der Waals surface area contributed by atoms with E-state index in [2.05, 4.69) is 15.4 Å². The van der Waals surface area contributed by atoms with Gasteiger partial charge in [0.2, 0.25) is 0 Å². The van der Waals surface area contributed by atoms with Crippen molar-refractivity contribution >= 4 is 29.2 Å². The number of para-hydroxylation sites is 1. The summed E-state index contributed by atoms with van der Waals surface area (Å²) in [6.07, 6.45) is 0. The third kappa shape index (κ3) is 4.97. The fraction of sp³-hybridized carbons (Fsp3) is 0.318. The molecule has 0 fully saturated rings. The maximum Gasteiger partial charge on any atom is 0.337 e. The number of methoxy groups -OCH3 is 1. The van der Waals surface area contributed by atoms with Crippen LogP contribution < -0.4 is 10.6 Å². The Balaban J connectivity index is 2.17. The van der Waals surface area contributed by atoms with Crippen LogP contribution in [0.25, 0.3) is 0 Å². The number of nitrogens with one attached hydrogen (secondary N) is 2. The van der Waals surface area contributed by atoms with Gasteiger partial charge in [0.1, 0.15) is 0 Å². The van der Waals surface area contributed by atoms with Crippen molar-refractivity contribution < 1.29 is 19.1 Å². The molecule has 148 valence electrons. The quantitative estimate of drug-likeness (QED) is 0.596. The van der Waals surface area contributed by atoms with E-state index in [1.165, 1.54) is 19.2 Å². The smallest absolute Gasteiger partial charge is 0.337 e. The number of esters is 1. The third-order valence-corrected chi connectivity index (χ3v) is 4.38. The Kier molecular flexibility index (Phi) is 6.93. The lowest BCUT2D eigenvalue weighted by atomic mass is 9.92. The van der Waals surface area contributed by atoms with Crippen LogP contribution in [0.1, 0.15) is 61.0 Å². The van der Waals surface area contributed by atoms with Crippen molar-refractivity contribution in [3.8, 4) is 0 Å². The molecular weight excluding hydrogens is 356 g/mol. The molecule has 2 N–H and O–H groups in total. The molecule has 0 radical (unpaired) electrons. The van der Waals surface area contributed by atoms with Gasteiger partial charge < -0.3 is 15.4 Å². The molecule has 0 heterocycles.